The number of hydrogen-bond donors (Lipinski definition) is 3. The number of carbonyl (C=O) groups is 2. The molecule has 8 nitrogen and oxygen atoms in total. The minimum absolute atomic E-state index is 0.0681. The molecule has 2 amide bonds. The van der Waals surface area contributed by atoms with Gasteiger partial charge >= 0.3 is 0 Å². The van der Waals surface area contributed by atoms with Crippen molar-refractivity contribution in [2.75, 3.05) is 45.7 Å². The number of primary amides is 1. The monoisotopic (exact) mass is 590 g/mol. The number of carbonyl (C=O) groups excluding carboxylic acids is 2. The summed E-state index contributed by atoms with van der Waals surface area (Å²) in [6.45, 7) is 8.05. The second kappa shape index (κ2) is 15.7. The maximum absolute atomic E-state index is 13.8. The molecule has 0 radical (unpaired) electrons. The Kier molecular flexibility index (Phi) is 12.4. The Morgan fingerprint density at radius 1 is 1.07 bits per heavy atom. The second-order valence-electron chi connectivity index (χ2n) is 11.9. The van der Waals surface area contributed by atoms with E-state index < -0.39 is 23.3 Å². The van der Waals surface area contributed by atoms with Gasteiger partial charge < -0.3 is 30.7 Å². The van der Waals surface area contributed by atoms with Gasteiger partial charge in [0.1, 0.15) is 5.75 Å². The van der Waals surface area contributed by atoms with Crippen LogP contribution in [0.15, 0.2) is 71.8 Å². The van der Waals surface area contributed by atoms with Gasteiger partial charge in [-0.1, -0.05) is 55.8 Å². The van der Waals surface area contributed by atoms with Crippen molar-refractivity contribution in [3.63, 3.8) is 0 Å². The predicted octanol–water partition coefficient (Wildman–Crippen LogP) is 4.47. The summed E-state index contributed by atoms with van der Waals surface area (Å²) in [5.41, 5.74) is 9.41. The Balaban J connectivity index is 1.96. The van der Waals surface area contributed by atoms with E-state index in [0.717, 1.165) is 41.0 Å². The minimum Gasteiger partial charge on any atom is -0.497 e. The molecule has 1 aliphatic carbocycles. The molecule has 3 atom stereocenters. The third kappa shape index (κ3) is 8.71. The fourth-order valence-corrected chi connectivity index (χ4v) is 6.05. The molecule has 0 heterocycles. The molecule has 0 spiro atoms. The summed E-state index contributed by atoms with van der Waals surface area (Å²) in [6.07, 6.45) is 5.08. The molecule has 2 aromatic carbocycles. The number of anilines is 1. The van der Waals surface area contributed by atoms with Gasteiger partial charge in [0.05, 0.1) is 18.6 Å². The molecule has 2 aromatic rings. The van der Waals surface area contributed by atoms with Crippen LogP contribution in [0, 0.1) is 11.3 Å². The highest BCUT2D eigenvalue weighted by molar-refractivity contribution is 5.97. The van der Waals surface area contributed by atoms with Crippen molar-refractivity contribution in [3.05, 3.63) is 83.0 Å². The van der Waals surface area contributed by atoms with E-state index in [9.17, 15) is 14.7 Å². The van der Waals surface area contributed by atoms with Gasteiger partial charge in [-0.3, -0.25) is 9.59 Å². The van der Waals surface area contributed by atoms with Crippen LogP contribution in [0.1, 0.15) is 51.2 Å². The van der Waals surface area contributed by atoms with Gasteiger partial charge in [0.2, 0.25) is 11.8 Å². The summed E-state index contributed by atoms with van der Waals surface area (Å²) in [7, 11) is 5.60. The highest BCUT2D eigenvalue weighted by Gasteiger charge is 2.48. The van der Waals surface area contributed by atoms with Crippen molar-refractivity contribution >= 4 is 17.5 Å². The van der Waals surface area contributed by atoms with Gasteiger partial charge in [0, 0.05) is 57.5 Å². The van der Waals surface area contributed by atoms with Crippen LogP contribution in [0.5, 0.6) is 5.75 Å². The van der Waals surface area contributed by atoms with Gasteiger partial charge in [-0.25, -0.2) is 0 Å². The Morgan fingerprint density at radius 3 is 2.33 bits per heavy atom. The number of nitrogens with one attached hydrogen (secondary N) is 1. The molecular formula is C35H50N4O4. The SMILES string of the molecule is CCCN(CCC)C(=O)C1=CC(C)=CC(C(N)=O)([C@H](Cc2ccc(N(C)C)cc2)[C@@H](O)CNCc2cccc(OC)c2)C1. The number of rotatable bonds is 16. The second-order valence-corrected chi connectivity index (χ2v) is 11.9. The maximum atomic E-state index is 13.8. The molecule has 0 fully saturated rings. The van der Waals surface area contributed by atoms with Gasteiger partial charge in [0.15, 0.2) is 0 Å². The summed E-state index contributed by atoms with van der Waals surface area (Å²) in [6, 6.07) is 15.9. The number of nitrogens with two attached hydrogens (primary N) is 1. The number of benzene rings is 2. The molecular weight excluding hydrogens is 540 g/mol. The zero-order chi connectivity index (χ0) is 31.6. The molecule has 3 rings (SSSR count). The first-order chi connectivity index (χ1) is 20.5. The van der Waals surface area contributed by atoms with Crippen LogP contribution in [0.3, 0.4) is 0 Å². The average Bonchev–Trinajstić information content (AvgIpc) is 2.99. The van der Waals surface area contributed by atoms with E-state index in [4.69, 9.17) is 10.5 Å². The van der Waals surface area contributed by atoms with Crippen molar-refractivity contribution in [3.8, 4) is 5.75 Å². The van der Waals surface area contributed by atoms with Crippen LogP contribution in [0.25, 0.3) is 0 Å². The van der Waals surface area contributed by atoms with Crippen molar-refractivity contribution in [2.24, 2.45) is 17.1 Å². The van der Waals surface area contributed by atoms with E-state index in [0.29, 0.717) is 31.6 Å². The molecule has 0 saturated heterocycles. The van der Waals surface area contributed by atoms with E-state index in [1.165, 1.54) is 0 Å². The third-order valence-corrected chi connectivity index (χ3v) is 8.23. The Bertz CT molecular complexity index is 1280. The molecule has 0 aromatic heterocycles. The molecule has 1 unspecified atom stereocenters. The molecule has 1 aliphatic rings. The molecule has 43 heavy (non-hydrogen) atoms. The smallest absolute Gasteiger partial charge is 0.249 e. The number of methoxy groups -OCH3 is 1. The van der Waals surface area contributed by atoms with Crippen LogP contribution >= 0.6 is 0 Å². The zero-order valence-electron chi connectivity index (χ0n) is 26.7. The Hall–Kier alpha value is -3.62. The normalized spacial score (nSPS) is 17.8. The number of amides is 2. The van der Waals surface area contributed by atoms with Gasteiger partial charge in [-0.2, -0.15) is 0 Å². The number of ether oxygens (including phenoxy) is 1. The number of nitrogens with zero attached hydrogens (tertiary/aromatic N) is 2. The number of allylic oxidation sites excluding steroid dienone is 2. The topological polar surface area (TPSA) is 108 Å². The summed E-state index contributed by atoms with van der Waals surface area (Å²) < 4.78 is 5.34. The molecule has 8 heteroatoms. The predicted molar refractivity (Wildman–Crippen MR) is 174 cm³/mol. The third-order valence-electron chi connectivity index (χ3n) is 8.23. The lowest BCUT2D eigenvalue weighted by atomic mass is 9.63. The average molecular weight is 591 g/mol. The van der Waals surface area contributed by atoms with Crippen LogP contribution in [-0.2, 0) is 22.6 Å². The van der Waals surface area contributed by atoms with E-state index in [2.05, 4.69) is 19.2 Å². The fraction of sp³-hybridized carbons (Fsp3) is 0.486. The number of aliphatic hydroxyl groups is 1. The number of aliphatic hydroxyl groups excluding tert-OH is 1. The molecule has 0 aliphatic heterocycles. The van der Waals surface area contributed by atoms with Crippen LogP contribution < -0.4 is 20.7 Å². The van der Waals surface area contributed by atoms with E-state index in [1.807, 2.05) is 91.5 Å². The Labute approximate surface area is 257 Å². The minimum atomic E-state index is -1.24. The summed E-state index contributed by atoms with van der Waals surface area (Å²) in [5, 5.41) is 15.2. The lowest BCUT2D eigenvalue weighted by Gasteiger charge is -2.42. The largest absolute Gasteiger partial charge is 0.497 e. The van der Waals surface area contributed by atoms with Gasteiger partial charge in [0.25, 0.3) is 0 Å². The molecule has 234 valence electrons. The first kappa shape index (κ1) is 33.9. The summed E-state index contributed by atoms with van der Waals surface area (Å²) in [5.74, 6) is -0.421. The quantitative estimate of drug-likeness (QED) is 0.266. The first-order valence-corrected chi connectivity index (χ1v) is 15.3. The molecule has 4 N–H and O–H groups in total. The van der Waals surface area contributed by atoms with Crippen molar-refractivity contribution in [1.29, 1.82) is 0 Å². The van der Waals surface area contributed by atoms with Crippen LogP contribution in [0.4, 0.5) is 5.69 Å². The van der Waals surface area contributed by atoms with Crippen molar-refractivity contribution in [1.82, 2.24) is 10.2 Å². The summed E-state index contributed by atoms with van der Waals surface area (Å²) in [4.78, 5) is 31.2. The number of hydrogen-bond acceptors (Lipinski definition) is 6. The van der Waals surface area contributed by atoms with E-state index in [1.54, 1.807) is 7.11 Å². The lowest BCUT2D eigenvalue weighted by molar-refractivity contribution is -0.132. The maximum Gasteiger partial charge on any atom is 0.249 e. The zero-order valence-corrected chi connectivity index (χ0v) is 26.7. The van der Waals surface area contributed by atoms with E-state index in [-0.39, 0.29) is 18.9 Å². The van der Waals surface area contributed by atoms with Crippen molar-refractivity contribution in [2.45, 2.75) is 59.1 Å². The van der Waals surface area contributed by atoms with Gasteiger partial charge in [-0.05, 0) is 68.0 Å². The Morgan fingerprint density at radius 2 is 1.74 bits per heavy atom. The molecule has 0 saturated carbocycles. The molecule has 0 bridgehead atoms. The highest BCUT2D eigenvalue weighted by atomic mass is 16.5. The van der Waals surface area contributed by atoms with Crippen LogP contribution in [0.2, 0.25) is 0 Å². The van der Waals surface area contributed by atoms with Crippen LogP contribution in [-0.4, -0.2) is 68.8 Å². The van der Waals surface area contributed by atoms with E-state index >= 15 is 0 Å². The first-order valence-electron chi connectivity index (χ1n) is 15.3. The standard InChI is InChI=1S/C35H50N4O4/c1-7-16-39(17-8-2)33(41)28-18-25(3)21-35(22-28,34(36)42)31(20-26-12-14-29(15-13-26)38(4)5)32(40)24-37-23-27-10-9-11-30(19-27)43-6/h9-15,18-19,21,31-32,37,40H,7-8,16-17,20,22-24H2,1-6H3,(H2,36,42)/t31-,32+,35?/m1/s1. The fourth-order valence-electron chi connectivity index (χ4n) is 6.05. The van der Waals surface area contributed by atoms with Crippen molar-refractivity contribution < 1.29 is 19.4 Å². The highest BCUT2D eigenvalue weighted by Crippen LogP contribution is 2.44. The lowest BCUT2D eigenvalue weighted by Crippen LogP contribution is -2.51. The van der Waals surface area contributed by atoms with Gasteiger partial charge in [-0.15, -0.1) is 0 Å². The summed E-state index contributed by atoms with van der Waals surface area (Å²) >= 11 is 0.